The average molecular weight is 629 g/mol. The van der Waals surface area contributed by atoms with Crippen LogP contribution in [0.2, 0.25) is 0 Å². The second-order valence-corrected chi connectivity index (χ2v) is 15.9. The molecule has 5 rings (SSSR count). The third-order valence-electron chi connectivity index (χ3n) is 12.3. The molecule has 0 amide bonds. The summed E-state index contributed by atoms with van der Waals surface area (Å²) in [6.07, 6.45) is 7.73. The average Bonchev–Trinajstić information content (AvgIpc) is 2.93. The zero-order valence-electron chi connectivity index (χ0n) is 27.8. The molecular formula is C36H52O9. The number of fused-ring (bicyclic) bond motifs is 4. The van der Waals surface area contributed by atoms with E-state index in [1.807, 2.05) is 13.8 Å². The van der Waals surface area contributed by atoms with Crippen LogP contribution >= 0.6 is 0 Å². The summed E-state index contributed by atoms with van der Waals surface area (Å²) >= 11 is 0. The van der Waals surface area contributed by atoms with Crippen molar-refractivity contribution in [1.29, 1.82) is 0 Å². The molecular weight excluding hydrogens is 576 g/mol. The van der Waals surface area contributed by atoms with Gasteiger partial charge in [0.1, 0.15) is 29.1 Å². The van der Waals surface area contributed by atoms with E-state index >= 15 is 0 Å². The van der Waals surface area contributed by atoms with Crippen LogP contribution in [0, 0.1) is 46.3 Å². The molecule has 0 aliphatic heterocycles. The van der Waals surface area contributed by atoms with Crippen molar-refractivity contribution in [2.75, 3.05) is 7.11 Å². The summed E-state index contributed by atoms with van der Waals surface area (Å²) in [6, 6.07) is 0. The summed E-state index contributed by atoms with van der Waals surface area (Å²) in [5, 5.41) is 0. The Morgan fingerprint density at radius 2 is 1.24 bits per heavy atom. The number of hydrogen-bond donors (Lipinski definition) is 0. The first-order valence-corrected chi connectivity index (χ1v) is 17.3. The summed E-state index contributed by atoms with van der Waals surface area (Å²) < 4.78 is 17.5. The lowest BCUT2D eigenvalue weighted by Crippen LogP contribution is -2.52. The van der Waals surface area contributed by atoms with Gasteiger partial charge in [0.2, 0.25) is 0 Å². The van der Waals surface area contributed by atoms with Gasteiger partial charge in [-0.25, -0.2) is 0 Å². The van der Waals surface area contributed by atoms with Gasteiger partial charge in [0.05, 0.1) is 25.4 Å². The second-order valence-electron chi connectivity index (χ2n) is 15.9. The van der Waals surface area contributed by atoms with Gasteiger partial charge in [-0.1, -0.05) is 26.2 Å². The molecule has 0 spiro atoms. The molecule has 4 bridgehead atoms. The summed E-state index contributed by atoms with van der Waals surface area (Å²) in [4.78, 5) is 79.1. The van der Waals surface area contributed by atoms with E-state index < -0.39 is 40.4 Å². The Bertz CT molecular complexity index is 1180. The molecule has 9 nitrogen and oxygen atoms in total. The van der Waals surface area contributed by atoms with E-state index in [0.717, 1.165) is 44.9 Å². The van der Waals surface area contributed by atoms with Crippen LogP contribution in [-0.2, 0) is 43.0 Å². The number of ketones is 3. The lowest BCUT2D eigenvalue weighted by Gasteiger charge is -2.47. The third-order valence-corrected chi connectivity index (χ3v) is 12.3. The van der Waals surface area contributed by atoms with E-state index in [1.54, 1.807) is 0 Å². The van der Waals surface area contributed by atoms with Gasteiger partial charge >= 0.3 is 17.9 Å². The standard InChI is InChI=1S/C36H52O9/c1-21-12-13-27(34(3,4)45-30(39)20-35(22(2)37)15-23-8-6-9-24(16-35)31(23)40)28(14-21)44-33(42)36(19-29(38)43-5)17-25-10-7-11-26(18-36)32(25)41/h21,23-28H,6-20H2,1-5H3. The normalized spacial score (nSPS) is 38.2. The first-order chi connectivity index (χ1) is 21.2. The number of ether oxygens (including phenoxy) is 3. The Morgan fingerprint density at radius 1 is 0.756 bits per heavy atom. The fraction of sp³-hybridized carbons (Fsp3) is 0.833. The summed E-state index contributed by atoms with van der Waals surface area (Å²) in [7, 11) is 1.31. The minimum Gasteiger partial charge on any atom is -0.469 e. The van der Waals surface area contributed by atoms with Crippen molar-refractivity contribution in [2.45, 2.75) is 136 Å². The van der Waals surface area contributed by atoms with Crippen molar-refractivity contribution in [2.24, 2.45) is 46.3 Å². The maximum atomic E-state index is 14.2. The number of methoxy groups -OCH3 is 1. The Kier molecular flexibility index (Phi) is 9.68. The molecule has 5 aliphatic rings. The molecule has 0 heterocycles. The van der Waals surface area contributed by atoms with Crippen LogP contribution < -0.4 is 0 Å². The van der Waals surface area contributed by atoms with E-state index in [0.29, 0.717) is 38.5 Å². The van der Waals surface area contributed by atoms with Gasteiger partial charge in [-0.05, 0) is 90.9 Å². The molecule has 7 unspecified atom stereocenters. The Morgan fingerprint density at radius 3 is 1.73 bits per heavy atom. The first-order valence-electron chi connectivity index (χ1n) is 17.3. The van der Waals surface area contributed by atoms with Gasteiger partial charge in [-0.3, -0.25) is 28.8 Å². The van der Waals surface area contributed by atoms with E-state index in [2.05, 4.69) is 6.92 Å². The lowest BCUT2D eigenvalue weighted by atomic mass is 9.57. The SMILES string of the molecule is COC(=O)CC1(C(=O)OC2CC(C)CCC2C(C)(C)OC(=O)CC2(C(C)=O)CC3CCCC(C2)C3=O)CC2CCCC(C1)C2=O. The predicted molar refractivity (Wildman–Crippen MR) is 163 cm³/mol. The minimum atomic E-state index is -1.12. The van der Waals surface area contributed by atoms with Gasteiger partial charge < -0.3 is 14.2 Å². The van der Waals surface area contributed by atoms with E-state index in [4.69, 9.17) is 14.2 Å². The number of rotatable bonds is 9. The Labute approximate surface area is 267 Å². The fourth-order valence-electron chi connectivity index (χ4n) is 9.81. The fourth-order valence-corrected chi connectivity index (χ4v) is 9.81. The van der Waals surface area contributed by atoms with E-state index in [9.17, 15) is 28.8 Å². The number of carbonyl (C=O) groups is 6. The maximum Gasteiger partial charge on any atom is 0.313 e. The van der Waals surface area contributed by atoms with Gasteiger partial charge in [-0.15, -0.1) is 0 Å². The van der Waals surface area contributed by atoms with E-state index in [1.165, 1.54) is 14.0 Å². The highest BCUT2D eigenvalue weighted by Crippen LogP contribution is 2.52. The monoisotopic (exact) mass is 628 g/mol. The molecule has 250 valence electrons. The molecule has 0 N–H and O–H groups in total. The molecule has 0 saturated heterocycles. The Hall–Kier alpha value is -2.58. The molecule has 5 aliphatic carbocycles. The van der Waals surface area contributed by atoms with Crippen LogP contribution in [0.1, 0.15) is 124 Å². The molecule has 0 radical (unpaired) electrons. The van der Waals surface area contributed by atoms with Crippen molar-refractivity contribution >= 4 is 35.3 Å². The largest absolute Gasteiger partial charge is 0.469 e. The zero-order valence-corrected chi connectivity index (χ0v) is 27.8. The smallest absolute Gasteiger partial charge is 0.313 e. The van der Waals surface area contributed by atoms with Gasteiger partial charge in [0.25, 0.3) is 0 Å². The zero-order chi connectivity index (χ0) is 32.7. The molecule has 0 aromatic carbocycles. The highest BCUT2D eigenvalue weighted by Gasteiger charge is 2.55. The summed E-state index contributed by atoms with van der Waals surface area (Å²) in [5.41, 5.74) is -3.00. The molecule has 7 atom stereocenters. The predicted octanol–water partition coefficient (Wildman–Crippen LogP) is 5.73. The van der Waals surface area contributed by atoms with Crippen molar-refractivity contribution in [3.05, 3.63) is 0 Å². The van der Waals surface area contributed by atoms with Crippen LogP contribution in [0.5, 0.6) is 0 Å². The van der Waals surface area contributed by atoms with Crippen LogP contribution in [0.25, 0.3) is 0 Å². The van der Waals surface area contributed by atoms with Crippen LogP contribution in [0.3, 0.4) is 0 Å². The quantitative estimate of drug-likeness (QED) is 0.232. The molecule has 0 aromatic heterocycles. The molecule has 5 saturated carbocycles. The first kappa shape index (κ1) is 33.8. The van der Waals surface area contributed by atoms with Gasteiger partial charge in [0.15, 0.2) is 0 Å². The van der Waals surface area contributed by atoms with Gasteiger partial charge in [-0.2, -0.15) is 0 Å². The Balaban J connectivity index is 1.32. The maximum absolute atomic E-state index is 14.2. The van der Waals surface area contributed by atoms with Crippen LogP contribution in [0.15, 0.2) is 0 Å². The van der Waals surface area contributed by atoms with Gasteiger partial charge in [0, 0.05) is 35.0 Å². The lowest BCUT2D eigenvalue weighted by molar-refractivity contribution is -0.191. The van der Waals surface area contributed by atoms with Crippen molar-refractivity contribution in [1.82, 2.24) is 0 Å². The van der Waals surface area contributed by atoms with Crippen molar-refractivity contribution < 1.29 is 43.0 Å². The summed E-state index contributed by atoms with van der Waals surface area (Å²) in [6.45, 7) is 7.33. The number of Topliss-reactive ketones (excluding diaryl/α,β-unsaturated/α-hetero) is 3. The third kappa shape index (κ3) is 6.78. The minimum absolute atomic E-state index is 0.0569. The van der Waals surface area contributed by atoms with Crippen molar-refractivity contribution in [3.63, 3.8) is 0 Å². The molecule has 5 fully saturated rings. The number of esters is 3. The second kappa shape index (κ2) is 12.9. The molecule has 0 aromatic rings. The number of hydrogen-bond acceptors (Lipinski definition) is 9. The molecule has 9 heteroatoms. The molecule has 45 heavy (non-hydrogen) atoms. The summed E-state index contributed by atoms with van der Waals surface area (Å²) in [5.74, 6) is -1.89. The van der Waals surface area contributed by atoms with E-state index in [-0.39, 0.29) is 65.7 Å². The highest BCUT2D eigenvalue weighted by molar-refractivity contribution is 5.93. The van der Waals surface area contributed by atoms with Crippen LogP contribution in [0.4, 0.5) is 0 Å². The topological polar surface area (TPSA) is 130 Å². The highest BCUT2D eigenvalue weighted by atomic mass is 16.6. The van der Waals surface area contributed by atoms with Crippen molar-refractivity contribution in [3.8, 4) is 0 Å². The van der Waals surface area contributed by atoms with Crippen LogP contribution in [-0.4, -0.2) is 54.1 Å². The number of carbonyl (C=O) groups excluding carboxylic acids is 6.